The second-order valence-corrected chi connectivity index (χ2v) is 2.03. The average molecular weight is 144 g/mol. The standard InChI is InChI=1S/C7H16N2O/c1-2-10-9-7-5-3-4-6-8/h2,9H,1,3-8H2. The number of hydrogen-bond acceptors (Lipinski definition) is 3. The smallest absolute Gasteiger partial charge is 0.104 e. The summed E-state index contributed by atoms with van der Waals surface area (Å²) >= 11 is 0. The van der Waals surface area contributed by atoms with E-state index in [9.17, 15) is 0 Å². The van der Waals surface area contributed by atoms with Crippen LogP contribution in [0, 0.1) is 0 Å². The Labute approximate surface area is 62.2 Å². The number of unbranched alkanes of at least 4 members (excludes halogenated alkanes) is 2. The lowest BCUT2D eigenvalue weighted by Crippen LogP contribution is -2.12. The van der Waals surface area contributed by atoms with E-state index in [1.165, 1.54) is 6.26 Å². The molecule has 10 heavy (non-hydrogen) atoms. The first kappa shape index (κ1) is 9.46. The van der Waals surface area contributed by atoms with E-state index in [0.29, 0.717) is 0 Å². The maximum Gasteiger partial charge on any atom is 0.104 e. The molecule has 0 amide bonds. The molecule has 0 radical (unpaired) electrons. The van der Waals surface area contributed by atoms with Crippen LogP contribution in [0.5, 0.6) is 0 Å². The third-order valence-electron chi connectivity index (χ3n) is 1.15. The average Bonchev–Trinajstić information content (AvgIpc) is 1.97. The van der Waals surface area contributed by atoms with Gasteiger partial charge < -0.3 is 10.6 Å². The van der Waals surface area contributed by atoms with Gasteiger partial charge in [0.25, 0.3) is 0 Å². The van der Waals surface area contributed by atoms with Crippen LogP contribution in [0.3, 0.4) is 0 Å². The van der Waals surface area contributed by atoms with Gasteiger partial charge in [0.2, 0.25) is 0 Å². The van der Waals surface area contributed by atoms with Crippen molar-refractivity contribution in [3.05, 3.63) is 12.8 Å². The molecule has 0 aliphatic carbocycles. The first-order valence-corrected chi connectivity index (χ1v) is 3.61. The summed E-state index contributed by atoms with van der Waals surface area (Å²) < 4.78 is 0. The molecule has 3 nitrogen and oxygen atoms in total. The van der Waals surface area contributed by atoms with Gasteiger partial charge in [-0.25, -0.2) is 0 Å². The monoisotopic (exact) mass is 144 g/mol. The van der Waals surface area contributed by atoms with Crippen molar-refractivity contribution in [3.8, 4) is 0 Å². The van der Waals surface area contributed by atoms with Gasteiger partial charge in [0.05, 0.1) is 0 Å². The highest BCUT2D eigenvalue weighted by atomic mass is 16.6. The molecular formula is C7H16N2O. The molecule has 0 atom stereocenters. The van der Waals surface area contributed by atoms with Gasteiger partial charge in [-0.2, -0.15) is 5.48 Å². The highest BCUT2D eigenvalue weighted by Crippen LogP contribution is 1.90. The second kappa shape index (κ2) is 8.46. The molecule has 0 heterocycles. The third-order valence-corrected chi connectivity index (χ3v) is 1.15. The maximum atomic E-state index is 5.30. The summed E-state index contributed by atoms with van der Waals surface area (Å²) in [7, 11) is 0. The summed E-state index contributed by atoms with van der Waals surface area (Å²) in [5.74, 6) is 0. The van der Waals surface area contributed by atoms with E-state index < -0.39 is 0 Å². The van der Waals surface area contributed by atoms with Gasteiger partial charge in [-0.3, -0.25) is 0 Å². The number of nitrogens with one attached hydrogen (secondary N) is 1. The molecule has 0 spiro atoms. The summed E-state index contributed by atoms with van der Waals surface area (Å²) in [5.41, 5.74) is 8.04. The summed E-state index contributed by atoms with van der Waals surface area (Å²) in [6.07, 6.45) is 4.73. The van der Waals surface area contributed by atoms with Gasteiger partial charge in [0, 0.05) is 6.54 Å². The van der Waals surface area contributed by atoms with E-state index in [0.717, 1.165) is 32.4 Å². The van der Waals surface area contributed by atoms with E-state index in [2.05, 4.69) is 12.1 Å². The lowest BCUT2D eigenvalue weighted by Gasteiger charge is -2.00. The molecule has 0 fully saturated rings. The minimum Gasteiger partial charge on any atom is -0.417 e. The summed E-state index contributed by atoms with van der Waals surface area (Å²) in [4.78, 5) is 4.70. The Morgan fingerprint density at radius 1 is 1.40 bits per heavy atom. The van der Waals surface area contributed by atoms with Crippen LogP contribution in [-0.4, -0.2) is 13.1 Å². The molecule has 0 aromatic rings. The van der Waals surface area contributed by atoms with Crippen LogP contribution in [0.15, 0.2) is 12.8 Å². The number of hydrogen-bond donors (Lipinski definition) is 2. The van der Waals surface area contributed by atoms with Crippen LogP contribution in [0.25, 0.3) is 0 Å². The predicted octanol–water partition coefficient (Wildman–Crippen LogP) is 0.780. The quantitative estimate of drug-likeness (QED) is 0.315. The van der Waals surface area contributed by atoms with Gasteiger partial charge in [-0.15, -0.1) is 0 Å². The van der Waals surface area contributed by atoms with E-state index in [1.54, 1.807) is 0 Å². The minimum atomic E-state index is 0.780. The van der Waals surface area contributed by atoms with Crippen LogP contribution in [0.1, 0.15) is 19.3 Å². The largest absolute Gasteiger partial charge is 0.417 e. The first-order chi connectivity index (χ1) is 4.91. The first-order valence-electron chi connectivity index (χ1n) is 3.61. The summed E-state index contributed by atoms with van der Waals surface area (Å²) in [5, 5.41) is 0. The second-order valence-electron chi connectivity index (χ2n) is 2.03. The zero-order chi connectivity index (χ0) is 7.66. The van der Waals surface area contributed by atoms with Crippen LogP contribution in [0.2, 0.25) is 0 Å². The fourth-order valence-corrected chi connectivity index (χ4v) is 0.636. The molecule has 0 aliphatic rings. The highest BCUT2D eigenvalue weighted by Gasteiger charge is 1.85. The van der Waals surface area contributed by atoms with Crippen LogP contribution >= 0.6 is 0 Å². The number of hydroxylamine groups is 1. The fourth-order valence-electron chi connectivity index (χ4n) is 0.636. The number of rotatable bonds is 7. The maximum absolute atomic E-state index is 5.30. The van der Waals surface area contributed by atoms with Gasteiger partial charge in [0.15, 0.2) is 0 Å². The van der Waals surface area contributed by atoms with Crippen molar-refractivity contribution in [2.75, 3.05) is 13.1 Å². The van der Waals surface area contributed by atoms with Gasteiger partial charge in [0.1, 0.15) is 6.26 Å². The molecule has 0 unspecified atom stereocenters. The zero-order valence-electron chi connectivity index (χ0n) is 6.31. The minimum absolute atomic E-state index is 0.780. The fraction of sp³-hybridized carbons (Fsp3) is 0.714. The molecule has 0 aliphatic heterocycles. The molecule has 60 valence electrons. The SMILES string of the molecule is C=CONCCCCCN. The highest BCUT2D eigenvalue weighted by molar-refractivity contribution is 4.47. The molecule has 3 N–H and O–H groups in total. The van der Waals surface area contributed by atoms with Crippen LogP contribution in [0.4, 0.5) is 0 Å². The van der Waals surface area contributed by atoms with Gasteiger partial charge in [-0.05, 0) is 19.4 Å². The van der Waals surface area contributed by atoms with Crippen molar-refractivity contribution in [2.45, 2.75) is 19.3 Å². The molecule has 0 aromatic carbocycles. The van der Waals surface area contributed by atoms with E-state index in [4.69, 9.17) is 10.6 Å². The van der Waals surface area contributed by atoms with E-state index in [1.807, 2.05) is 0 Å². The third kappa shape index (κ3) is 7.46. The Balaban J connectivity index is 2.70. The molecule has 0 bridgehead atoms. The van der Waals surface area contributed by atoms with E-state index >= 15 is 0 Å². The molecule has 0 saturated heterocycles. The van der Waals surface area contributed by atoms with Crippen LogP contribution < -0.4 is 11.2 Å². The Morgan fingerprint density at radius 3 is 2.80 bits per heavy atom. The van der Waals surface area contributed by atoms with Crippen molar-refractivity contribution in [3.63, 3.8) is 0 Å². The van der Waals surface area contributed by atoms with Crippen molar-refractivity contribution >= 4 is 0 Å². The summed E-state index contributed by atoms with van der Waals surface area (Å²) in [6.45, 7) is 5.04. The Hall–Kier alpha value is -0.540. The molecule has 0 aromatic heterocycles. The molecular weight excluding hydrogens is 128 g/mol. The lowest BCUT2D eigenvalue weighted by atomic mass is 10.2. The Morgan fingerprint density at radius 2 is 2.20 bits per heavy atom. The van der Waals surface area contributed by atoms with Gasteiger partial charge >= 0.3 is 0 Å². The number of nitrogens with two attached hydrogens (primary N) is 1. The molecule has 0 rings (SSSR count). The van der Waals surface area contributed by atoms with Crippen molar-refractivity contribution in [1.82, 2.24) is 5.48 Å². The van der Waals surface area contributed by atoms with Crippen LogP contribution in [-0.2, 0) is 4.84 Å². The molecule has 0 saturated carbocycles. The van der Waals surface area contributed by atoms with Crippen molar-refractivity contribution in [2.24, 2.45) is 5.73 Å². The predicted molar refractivity (Wildman–Crippen MR) is 42.2 cm³/mol. The Kier molecular flexibility index (Phi) is 8.00. The van der Waals surface area contributed by atoms with Gasteiger partial charge in [-0.1, -0.05) is 13.0 Å². The van der Waals surface area contributed by atoms with E-state index in [-0.39, 0.29) is 0 Å². The molecule has 3 heteroatoms. The lowest BCUT2D eigenvalue weighted by molar-refractivity contribution is 0.134. The van der Waals surface area contributed by atoms with Crippen molar-refractivity contribution < 1.29 is 4.84 Å². The summed E-state index contributed by atoms with van der Waals surface area (Å²) in [6, 6.07) is 0. The topological polar surface area (TPSA) is 47.3 Å². The normalized spacial score (nSPS) is 9.30. The zero-order valence-corrected chi connectivity index (χ0v) is 6.31. The van der Waals surface area contributed by atoms with Crippen molar-refractivity contribution in [1.29, 1.82) is 0 Å². The Bertz CT molecular complexity index is 76.0.